The van der Waals surface area contributed by atoms with Crippen LogP contribution in [-0.2, 0) is 19.6 Å². The predicted molar refractivity (Wildman–Crippen MR) is 115 cm³/mol. The Hall–Kier alpha value is -2.86. The Bertz CT molecular complexity index is 949. The maximum absolute atomic E-state index is 12.9. The van der Waals surface area contributed by atoms with Crippen molar-refractivity contribution in [1.82, 2.24) is 24.8 Å². The van der Waals surface area contributed by atoms with Crippen molar-refractivity contribution in [1.29, 1.82) is 0 Å². The van der Waals surface area contributed by atoms with Crippen molar-refractivity contribution in [2.24, 2.45) is 0 Å². The van der Waals surface area contributed by atoms with Crippen LogP contribution in [0.4, 0.5) is 4.79 Å². The molecule has 7 heteroatoms. The second kappa shape index (κ2) is 9.09. The summed E-state index contributed by atoms with van der Waals surface area (Å²) < 4.78 is 2.03. The highest BCUT2D eigenvalue weighted by atomic mass is 35.5. The van der Waals surface area contributed by atoms with Gasteiger partial charge in [-0.2, -0.15) is 0 Å². The van der Waals surface area contributed by atoms with E-state index in [1.165, 1.54) is 0 Å². The standard InChI is InChI=1S/C22H26ClN5O/c1-22(2,3)26-21(29)28(15-18-7-5-9-24-13-18)16-20-25-10-11-27(20)14-17-6-4-8-19(23)12-17/h4-13H,14-16H2,1-3H3,(H,26,29). The molecule has 2 amide bonds. The Kier molecular flexibility index (Phi) is 6.54. The average molecular weight is 412 g/mol. The van der Waals surface area contributed by atoms with Crippen LogP contribution in [0.3, 0.4) is 0 Å². The Morgan fingerprint density at radius 3 is 2.62 bits per heavy atom. The van der Waals surface area contributed by atoms with Gasteiger partial charge in [0.05, 0.1) is 6.54 Å². The zero-order chi connectivity index (χ0) is 20.9. The van der Waals surface area contributed by atoms with Gasteiger partial charge in [0.1, 0.15) is 5.82 Å². The lowest BCUT2D eigenvalue weighted by Gasteiger charge is -2.28. The largest absolute Gasteiger partial charge is 0.333 e. The van der Waals surface area contributed by atoms with Gasteiger partial charge in [-0.25, -0.2) is 9.78 Å². The van der Waals surface area contributed by atoms with Crippen LogP contribution in [0.2, 0.25) is 5.02 Å². The van der Waals surface area contributed by atoms with Gasteiger partial charge >= 0.3 is 6.03 Å². The van der Waals surface area contributed by atoms with E-state index in [-0.39, 0.29) is 11.6 Å². The molecule has 0 aliphatic heterocycles. The lowest BCUT2D eigenvalue weighted by molar-refractivity contribution is 0.181. The number of nitrogens with one attached hydrogen (secondary N) is 1. The molecule has 2 heterocycles. The summed E-state index contributed by atoms with van der Waals surface area (Å²) in [7, 11) is 0. The number of carbonyl (C=O) groups excluding carboxylic acids is 1. The van der Waals surface area contributed by atoms with Crippen molar-refractivity contribution < 1.29 is 4.79 Å². The molecular formula is C22H26ClN5O. The second-order valence-corrected chi connectivity index (χ2v) is 8.44. The molecular weight excluding hydrogens is 386 g/mol. The third-order valence-electron chi connectivity index (χ3n) is 4.24. The van der Waals surface area contributed by atoms with Crippen molar-refractivity contribution in [2.45, 2.75) is 45.9 Å². The van der Waals surface area contributed by atoms with Crippen LogP contribution in [0.15, 0.2) is 61.2 Å². The van der Waals surface area contributed by atoms with Crippen LogP contribution in [0.25, 0.3) is 0 Å². The van der Waals surface area contributed by atoms with Gasteiger partial charge in [-0.05, 0) is 50.1 Å². The average Bonchev–Trinajstić information content (AvgIpc) is 3.07. The summed E-state index contributed by atoms with van der Waals surface area (Å²) in [5.41, 5.74) is 1.71. The molecule has 1 aromatic carbocycles. The maximum atomic E-state index is 12.9. The zero-order valence-corrected chi connectivity index (χ0v) is 17.7. The number of amides is 2. The first-order valence-corrected chi connectivity index (χ1v) is 9.88. The SMILES string of the molecule is CC(C)(C)NC(=O)N(Cc1cccnc1)Cc1nccn1Cc1cccc(Cl)c1. The van der Waals surface area contributed by atoms with Gasteiger partial charge in [0.25, 0.3) is 0 Å². The molecule has 29 heavy (non-hydrogen) atoms. The highest BCUT2D eigenvalue weighted by Gasteiger charge is 2.21. The number of carbonyl (C=O) groups is 1. The van der Waals surface area contributed by atoms with E-state index in [1.807, 2.05) is 67.9 Å². The lowest BCUT2D eigenvalue weighted by atomic mass is 10.1. The number of benzene rings is 1. The van der Waals surface area contributed by atoms with E-state index in [2.05, 4.69) is 15.3 Å². The quantitative estimate of drug-likeness (QED) is 0.650. The molecule has 0 fully saturated rings. The first kappa shape index (κ1) is 20.9. The van der Waals surface area contributed by atoms with Crippen LogP contribution in [0, 0.1) is 0 Å². The highest BCUT2D eigenvalue weighted by Crippen LogP contribution is 2.15. The number of nitrogens with zero attached hydrogens (tertiary/aromatic N) is 4. The minimum absolute atomic E-state index is 0.140. The van der Waals surface area contributed by atoms with Crippen LogP contribution >= 0.6 is 11.6 Å². The number of hydrogen-bond donors (Lipinski definition) is 1. The van der Waals surface area contributed by atoms with Crippen molar-refractivity contribution in [3.8, 4) is 0 Å². The molecule has 6 nitrogen and oxygen atoms in total. The lowest BCUT2D eigenvalue weighted by Crippen LogP contribution is -2.48. The van der Waals surface area contributed by atoms with E-state index in [0.717, 1.165) is 17.0 Å². The van der Waals surface area contributed by atoms with Gasteiger partial charge in [-0.3, -0.25) is 4.98 Å². The molecule has 0 bridgehead atoms. The summed E-state index contributed by atoms with van der Waals surface area (Å²) in [5, 5.41) is 3.74. The van der Waals surface area contributed by atoms with Crippen molar-refractivity contribution >= 4 is 17.6 Å². The normalized spacial score (nSPS) is 11.3. The number of imidazole rings is 1. The summed E-state index contributed by atoms with van der Waals surface area (Å²) in [6.07, 6.45) is 7.17. The molecule has 0 aliphatic rings. The van der Waals surface area contributed by atoms with Gasteiger partial charge in [-0.1, -0.05) is 29.8 Å². The highest BCUT2D eigenvalue weighted by molar-refractivity contribution is 6.30. The molecule has 0 radical (unpaired) electrons. The molecule has 0 aliphatic carbocycles. The van der Waals surface area contributed by atoms with Gasteiger partial charge in [0.2, 0.25) is 0 Å². The Balaban J connectivity index is 1.80. The van der Waals surface area contributed by atoms with Crippen LogP contribution in [0.1, 0.15) is 37.7 Å². The van der Waals surface area contributed by atoms with E-state index in [9.17, 15) is 4.79 Å². The minimum atomic E-state index is -0.333. The van der Waals surface area contributed by atoms with Gasteiger partial charge in [0, 0.05) is 48.4 Å². The smallest absolute Gasteiger partial charge is 0.318 e. The van der Waals surface area contributed by atoms with Crippen LogP contribution < -0.4 is 5.32 Å². The molecule has 2 aromatic heterocycles. The Morgan fingerprint density at radius 2 is 1.93 bits per heavy atom. The fourth-order valence-corrected chi connectivity index (χ4v) is 3.16. The number of hydrogen-bond acceptors (Lipinski definition) is 3. The predicted octanol–water partition coefficient (Wildman–Crippen LogP) is 4.49. The first-order chi connectivity index (χ1) is 13.8. The molecule has 0 saturated heterocycles. The Labute approximate surface area is 176 Å². The monoisotopic (exact) mass is 411 g/mol. The van der Waals surface area contributed by atoms with E-state index in [4.69, 9.17) is 11.6 Å². The molecule has 152 valence electrons. The Morgan fingerprint density at radius 1 is 1.14 bits per heavy atom. The summed E-state index contributed by atoms with van der Waals surface area (Å²) in [6, 6.07) is 11.4. The molecule has 0 spiro atoms. The number of rotatable bonds is 6. The molecule has 3 aromatic rings. The minimum Gasteiger partial charge on any atom is -0.333 e. The summed E-state index contributed by atoms with van der Waals surface area (Å²) >= 11 is 6.11. The zero-order valence-electron chi connectivity index (χ0n) is 17.0. The summed E-state index contributed by atoms with van der Waals surface area (Å²) in [4.78, 5) is 23.3. The summed E-state index contributed by atoms with van der Waals surface area (Å²) in [5.74, 6) is 0.804. The van der Waals surface area contributed by atoms with Crippen molar-refractivity contribution in [3.05, 3.63) is 83.2 Å². The summed E-state index contributed by atoms with van der Waals surface area (Å²) in [6.45, 7) is 7.36. The molecule has 0 atom stereocenters. The van der Waals surface area contributed by atoms with E-state index in [1.54, 1.807) is 23.5 Å². The van der Waals surface area contributed by atoms with Crippen molar-refractivity contribution in [2.75, 3.05) is 0 Å². The second-order valence-electron chi connectivity index (χ2n) is 8.00. The first-order valence-electron chi connectivity index (χ1n) is 9.50. The van der Waals surface area contributed by atoms with Gasteiger partial charge in [-0.15, -0.1) is 0 Å². The van der Waals surface area contributed by atoms with Gasteiger partial charge in [0.15, 0.2) is 0 Å². The molecule has 3 rings (SSSR count). The van der Waals surface area contributed by atoms with E-state index in [0.29, 0.717) is 24.7 Å². The van der Waals surface area contributed by atoms with Crippen LogP contribution in [-0.4, -0.2) is 31.0 Å². The van der Waals surface area contributed by atoms with Crippen LogP contribution in [0.5, 0.6) is 0 Å². The third-order valence-corrected chi connectivity index (χ3v) is 4.48. The number of aromatic nitrogens is 3. The third kappa shape index (κ3) is 6.32. The molecule has 1 N–H and O–H groups in total. The van der Waals surface area contributed by atoms with Gasteiger partial charge < -0.3 is 14.8 Å². The fourth-order valence-electron chi connectivity index (χ4n) is 2.95. The van der Waals surface area contributed by atoms with E-state index >= 15 is 0 Å². The number of urea groups is 1. The topological polar surface area (TPSA) is 63.1 Å². The van der Waals surface area contributed by atoms with E-state index < -0.39 is 0 Å². The maximum Gasteiger partial charge on any atom is 0.318 e. The fraction of sp³-hybridized carbons (Fsp3) is 0.318. The van der Waals surface area contributed by atoms with Crippen molar-refractivity contribution in [3.63, 3.8) is 0 Å². The molecule has 0 saturated carbocycles. The number of pyridine rings is 1. The number of halogens is 1. The molecule has 0 unspecified atom stereocenters.